The van der Waals surface area contributed by atoms with Crippen LogP contribution >= 0.6 is 0 Å². The molecule has 0 N–H and O–H groups in total. The number of aliphatic imine (C=N–C) groups is 1. The number of Topliss-reactive ketones (excluding diaryl/α,β-unsaturated/α-hetero) is 1. The number of carbonyl (C=O) groups is 1. The minimum absolute atomic E-state index is 0.0118. The number of ketones is 1. The van der Waals surface area contributed by atoms with Crippen LogP contribution in [0.1, 0.15) is 19.4 Å². The van der Waals surface area contributed by atoms with Gasteiger partial charge >= 0.3 is 0 Å². The summed E-state index contributed by atoms with van der Waals surface area (Å²) in [5, 5.41) is 0. The van der Waals surface area contributed by atoms with E-state index < -0.39 is 0 Å². The molecule has 6 heteroatoms. The van der Waals surface area contributed by atoms with Crippen molar-refractivity contribution in [3.63, 3.8) is 0 Å². The SMILES string of the molecule is CCn1c2c(cc(C)c1=O)N=CC1=CN(CC(C)=O)CN12. The summed E-state index contributed by atoms with van der Waals surface area (Å²) >= 11 is 0. The van der Waals surface area contributed by atoms with Crippen molar-refractivity contribution in [3.8, 4) is 0 Å². The summed E-state index contributed by atoms with van der Waals surface area (Å²) in [5.41, 5.74) is 2.42. The lowest BCUT2D eigenvalue weighted by Crippen LogP contribution is -2.35. The molecule has 0 amide bonds. The number of aryl methyl sites for hydroxylation is 1. The Hall–Kier alpha value is -2.37. The van der Waals surface area contributed by atoms with E-state index in [0.717, 1.165) is 17.2 Å². The smallest absolute Gasteiger partial charge is 0.255 e. The molecule has 1 aromatic heterocycles. The quantitative estimate of drug-likeness (QED) is 0.843. The van der Waals surface area contributed by atoms with E-state index in [-0.39, 0.29) is 11.3 Å². The number of anilines is 1. The van der Waals surface area contributed by atoms with Crippen molar-refractivity contribution in [3.05, 3.63) is 33.9 Å². The van der Waals surface area contributed by atoms with Crippen LogP contribution in [-0.4, -0.2) is 34.7 Å². The number of rotatable bonds is 3. The van der Waals surface area contributed by atoms with E-state index in [9.17, 15) is 9.59 Å². The van der Waals surface area contributed by atoms with E-state index in [4.69, 9.17) is 0 Å². The second kappa shape index (κ2) is 4.87. The monoisotopic (exact) mass is 286 g/mol. The van der Waals surface area contributed by atoms with Gasteiger partial charge in [0.05, 0.1) is 25.1 Å². The minimum atomic E-state index is 0.0118. The predicted octanol–water partition coefficient (Wildman–Crippen LogP) is 1.40. The van der Waals surface area contributed by atoms with E-state index in [0.29, 0.717) is 25.3 Å². The minimum Gasteiger partial charge on any atom is -0.350 e. The van der Waals surface area contributed by atoms with Gasteiger partial charge in [-0.15, -0.1) is 0 Å². The second-order valence-electron chi connectivity index (χ2n) is 5.42. The summed E-state index contributed by atoms with van der Waals surface area (Å²) in [6.45, 7) is 6.85. The van der Waals surface area contributed by atoms with E-state index in [1.165, 1.54) is 0 Å². The van der Waals surface area contributed by atoms with Crippen LogP contribution in [0, 0.1) is 6.92 Å². The Bertz CT molecular complexity index is 730. The van der Waals surface area contributed by atoms with Crippen LogP contribution in [0.4, 0.5) is 11.5 Å². The van der Waals surface area contributed by atoms with E-state index >= 15 is 0 Å². The molecular formula is C15H18N4O2. The fraction of sp³-hybridized carbons (Fsp3) is 0.400. The lowest BCUT2D eigenvalue weighted by atomic mass is 10.2. The molecule has 0 saturated heterocycles. The number of hydrogen-bond donors (Lipinski definition) is 0. The Morgan fingerprint density at radius 3 is 2.86 bits per heavy atom. The van der Waals surface area contributed by atoms with Crippen LogP contribution in [0.15, 0.2) is 27.8 Å². The number of aromatic nitrogens is 1. The van der Waals surface area contributed by atoms with Crippen LogP contribution in [0.25, 0.3) is 0 Å². The number of hydrogen-bond acceptors (Lipinski definition) is 5. The van der Waals surface area contributed by atoms with Gasteiger partial charge in [0.15, 0.2) is 0 Å². The maximum absolute atomic E-state index is 12.3. The normalized spacial score (nSPS) is 15.9. The Kier molecular flexibility index (Phi) is 3.16. The molecule has 0 aliphatic carbocycles. The zero-order chi connectivity index (χ0) is 15.1. The van der Waals surface area contributed by atoms with Crippen molar-refractivity contribution < 1.29 is 4.79 Å². The zero-order valence-electron chi connectivity index (χ0n) is 12.5. The molecule has 0 bridgehead atoms. The van der Waals surface area contributed by atoms with Crippen molar-refractivity contribution >= 4 is 23.5 Å². The molecule has 3 heterocycles. The first-order valence-corrected chi connectivity index (χ1v) is 7.02. The van der Waals surface area contributed by atoms with E-state index in [1.807, 2.05) is 35.9 Å². The Labute approximate surface area is 123 Å². The highest BCUT2D eigenvalue weighted by Crippen LogP contribution is 2.36. The largest absolute Gasteiger partial charge is 0.350 e. The van der Waals surface area contributed by atoms with Gasteiger partial charge in [0.25, 0.3) is 5.56 Å². The Balaban J connectivity index is 2.08. The summed E-state index contributed by atoms with van der Waals surface area (Å²) in [6.07, 6.45) is 3.70. The van der Waals surface area contributed by atoms with Crippen molar-refractivity contribution in [2.24, 2.45) is 4.99 Å². The summed E-state index contributed by atoms with van der Waals surface area (Å²) in [5.74, 6) is 0.925. The van der Waals surface area contributed by atoms with Crippen LogP contribution in [0.5, 0.6) is 0 Å². The van der Waals surface area contributed by atoms with Crippen LogP contribution in [-0.2, 0) is 11.3 Å². The van der Waals surface area contributed by atoms with Gasteiger partial charge in [-0.25, -0.2) is 0 Å². The molecule has 0 unspecified atom stereocenters. The molecule has 3 rings (SSSR count). The van der Waals surface area contributed by atoms with Crippen molar-refractivity contribution in [2.75, 3.05) is 18.1 Å². The Morgan fingerprint density at radius 1 is 1.43 bits per heavy atom. The van der Waals surface area contributed by atoms with Gasteiger partial charge in [-0.1, -0.05) is 0 Å². The zero-order valence-corrected chi connectivity index (χ0v) is 12.5. The van der Waals surface area contributed by atoms with Crippen LogP contribution in [0.2, 0.25) is 0 Å². The molecule has 2 aliphatic rings. The third kappa shape index (κ3) is 2.16. The highest BCUT2D eigenvalue weighted by atomic mass is 16.1. The van der Waals surface area contributed by atoms with Crippen molar-refractivity contribution in [1.82, 2.24) is 9.47 Å². The lowest BCUT2D eigenvalue weighted by Gasteiger charge is -2.29. The summed E-state index contributed by atoms with van der Waals surface area (Å²) in [4.78, 5) is 32.0. The van der Waals surface area contributed by atoms with Crippen LogP contribution in [0.3, 0.4) is 0 Å². The predicted molar refractivity (Wildman–Crippen MR) is 82.1 cm³/mol. The van der Waals surface area contributed by atoms with Crippen LogP contribution < -0.4 is 10.5 Å². The first-order valence-electron chi connectivity index (χ1n) is 7.02. The lowest BCUT2D eigenvalue weighted by molar-refractivity contribution is -0.117. The highest BCUT2D eigenvalue weighted by Gasteiger charge is 2.29. The topological polar surface area (TPSA) is 57.9 Å². The first-order chi connectivity index (χ1) is 10.0. The molecule has 0 atom stereocenters. The molecule has 6 nitrogen and oxygen atoms in total. The summed E-state index contributed by atoms with van der Waals surface area (Å²) in [7, 11) is 0. The molecule has 1 aromatic rings. The van der Waals surface area contributed by atoms with Gasteiger partial charge in [-0.3, -0.25) is 19.1 Å². The van der Waals surface area contributed by atoms with Gasteiger partial charge < -0.3 is 9.80 Å². The average molecular weight is 286 g/mol. The highest BCUT2D eigenvalue weighted by molar-refractivity contribution is 5.93. The molecule has 0 saturated carbocycles. The summed E-state index contributed by atoms with van der Waals surface area (Å²) < 4.78 is 1.74. The molecule has 0 spiro atoms. The van der Waals surface area contributed by atoms with E-state index in [1.54, 1.807) is 17.7 Å². The molecule has 0 fully saturated rings. The molecule has 2 aliphatic heterocycles. The van der Waals surface area contributed by atoms with Gasteiger partial charge in [-0.05, 0) is 26.8 Å². The number of allylic oxidation sites excluding steroid dienone is 1. The molecule has 0 aromatic carbocycles. The number of nitrogens with zero attached hydrogens (tertiary/aromatic N) is 4. The first kappa shape index (κ1) is 13.6. The van der Waals surface area contributed by atoms with Crippen molar-refractivity contribution in [1.29, 1.82) is 0 Å². The second-order valence-corrected chi connectivity index (χ2v) is 5.42. The standard InChI is InChI=1S/C15H18N4O2/c1-4-18-14-13(5-10(2)15(18)21)16-6-12-8-17(7-11(3)20)9-19(12)14/h5-6,8H,4,7,9H2,1-3H3. The van der Waals surface area contributed by atoms with Gasteiger partial charge in [0.2, 0.25) is 0 Å². The van der Waals surface area contributed by atoms with Gasteiger partial charge in [0, 0.05) is 18.3 Å². The third-order valence-corrected chi connectivity index (χ3v) is 3.70. The fourth-order valence-corrected chi connectivity index (χ4v) is 2.82. The Morgan fingerprint density at radius 2 is 2.19 bits per heavy atom. The number of carbonyl (C=O) groups excluding carboxylic acids is 1. The van der Waals surface area contributed by atoms with E-state index in [2.05, 4.69) is 4.99 Å². The molecule has 21 heavy (non-hydrogen) atoms. The molecule has 110 valence electrons. The maximum atomic E-state index is 12.3. The average Bonchev–Trinajstić information content (AvgIpc) is 2.82. The number of pyridine rings is 1. The molecule has 0 radical (unpaired) electrons. The maximum Gasteiger partial charge on any atom is 0.255 e. The van der Waals surface area contributed by atoms with Gasteiger partial charge in [-0.2, -0.15) is 0 Å². The van der Waals surface area contributed by atoms with Crippen molar-refractivity contribution in [2.45, 2.75) is 27.3 Å². The fourth-order valence-electron chi connectivity index (χ4n) is 2.82. The van der Waals surface area contributed by atoms with Gasteiger partial charge in [0.1, 0.15) is 17.3 Å². The number of fused-ring (bicyclic) bond motifs is 3. The third-order valence-electron chi connectivity index (χ3n) is 3.70. The molecular weight excluding hydrogens is 268 g/mol. The summed E-state index contributed by atoms with van der Waals surface area (Å²) in [6, 6.07) is 1.82.